The number of hydrogen-bond donors (Lipinski definition) is 0. The van der Waals surface area contributed by atoms with Crippen LogP contribution >= 0.6 is 0 Å². The van der Waals surface area contributed by atoms with Gasteiger partial charge in [0, 0.05) is 10.8 Å². The van der Waals surface area contributed by atoms with Crippen LogP contribution in [0.1, 0.15) is 32.1 Å². The van der Waals surface area contributed by atoms with Crippen LogP contribution in [0, 0.1) is 5.92 Å². The van der Waals surface area contributed by atoms with Crippen LogP contribution in [0.2, 0.25) is 0 Å². The predicted octanol–water partition coefficient (Wildman–Crippen LogP) is 3.75. The smallest absolute Gasteiger partial charge is 0.0895 e. The maximum Gasteiger partial charge on any atom is 0.0895 e. The Balaban J connectivity index is 2.04. The molecule has 0 atom stereocenters. The molecule has 0 unspecified atom stereocenters. The molecule has 17 heavy (non-hydrogen) atoms. The van der Waals surface area contributed by atoms with Crippen molar-refractivity contribution in [2.45, 2.75) is 37.0 Å². The first kappa shape index (κ1) is 11.8. The molecule has 1 nitrogen and oxygen atoms in total. The Morgan fingerprint density at radius 3 is 2.47 bits per heavy atom. The van der Waals surface area contributed by atoms with Gasteiger partial charge in [0.25, 0.3) is 0 Å². The van der Waals surface area contributed by atoms with Crippen LogP contribution in [0.3, 0.4) is 0 Å². The van der Waals surface area contributed by atoms with E-state index in [1.165, 1.54) is 32.1 Å². The lowest BCUT2D eigenvalue weighted by Crippen LogP contribution is -2.22. The van der Waals surface area contributed by atoms with E-state index in [0.717, 1.165) is 15.6 Å². The van der Waals surface area contributed by atoms with E-state index in [4.69, 9.17) is 27.4 Å². The van der Waals surface area contributed by atoms with E-state index in [-0.39, 0.29) is 0 Å². The van der Waals surface area contributed by atoms with E-state index in [0.29, 0.717) is 5.92 Å². The summed E-state index contributed by atoms with van der Waals surface area (Å²) in [5.41, 5.74) is 1.04. The molecule has 1 heterocycles. The lowest BCUT2D eigenvalue weighted by Gasteiger charge is -2.23. The van der Waals surface area contributed by atoms with Gasteiger partial charge in [0.15, 0.2) is 0 Å². The average molecular weight is 281 g/mol. The second-order valence-corrected chi connectivity index (χ2v) is 10.3. The highest BCUT2D eigenvalue weighted by Crippen LogP contribution is 2.39. The summed E-state index contributed by atoms with van der Waals surface area (Å²) in [6.07, 6.45) is 6.43. The summed E-state index contributed by atoms with van der Waals surface area (Å²) in [5, 5.41) is 1.16. The zero-order chi connectivity index (χ0) is 11.9. The van der Waals surface area contributed by atoms with Gasteiger partial charge in [-0.2, -0.15) is 0 Å². The number of benzene rings is 1. The number of rotatable bonds is 1. The standard InChI is InChI=1S/C13H15NS3/c15-17(16)12-9-5-4-8-11(12)14-13(17)10-6-2-1-3-7-10/h4-5,8-10H,1-3,6-7H2. The van der Waals surface area contributed by atoms with Crippen molar-refractivity contribution in [3.05, 3.63) is 24.3 Å². The first-order chi connectivity index (χ1) is 8.19. The topological polar surface area (TPSA) is 12.4 Å². The molecule has 1 fully saturated rings. The molecule has 4 heteroatoms. The fourth-order valence-electron chi connectivity index (χ4n) is 2.73. The van der Waals surface area contributed by atoms with Crippen LogP contribution in [-0.2, 0) is 29.5 Å². The van der Waals surface area contributed by atoms with Crippen LogP contribution in [0.4, 0.5) is 5.69 Å². The van der Waals surface area contributed by atoms with E-state index in [1.807, 2.05) is 18.2 Å². The number of aliphatic imine (C=N–C) groups is 1. The number of para-hydroxylation sites is 1. The molecule has 1 saturated carbocycles. The van der Waals surface area contributed by atoms with Gasteiger partial charge in [-0.15, -0.1) is 0 Å². The maximum absolute atomic E-state index is 5.73. The van der Waals surface area contributed by atoms with Crippen LogP contribution in [0.5, 0.6) is 0 Å². The second-order valence-electron chi connectivity index (χ2n) is 4.76. The molecule has 0 spiro atoms. The molecule has 90 valence electrons. The third-order valence-corrected chi connectivity index (χ3v) is 7.62. The van der Waals surface area contributed by atoms with E-state index < -0.39 is 7.15 Å². The Labute approximate surface area is 112 Å². The molecule has 0 radical (unpaired) electrons. The van der Waals surface area contributed by atoms with Crippen molar-refractivity contribution in [2.24, 2.45) is 10.9 Å². The Kier molecular flexibility index (Phi) is 3.05. The van der Waals surface area contributed by atoms with Crippen LogP contribution in [-0.4, -0.2) is 5.04 Å². The van der Waals surface area contributed by atoms with Gasteiger partial charge < -0.3 is 0 Å². The van der Waals surface area contributed by atoms with Gasteiger partial charge >= 0.3 is 0 Å². The summed E-state index contributed by atoms with van der Waals surface area (Å²) in [7, 11) is -1.63. The summed E-state index contributed by atoms with van der Waals surface area (Å²) in [6, 6.07) is 8.17. The third kappa shape index (κ3) is 1.96. The molecule has 0 bridgehead atoms. The Bertz CT molecular complexity index is 566. The minimum absolute atomic E-state index is 0.557. The molecule has 0 aromatic heterocycles. The monoisotopic (exact) mass is 281 g/mol. The first-order valence-electron chi connectivity index (χ1n) is 6.12. The van der Waals surface area contributed by atoms with Crippen molar-refractivity contribution in [3.63, 3.8) is 0 Å². The van der Waals surface area contributed by atoms with Crippen LogP contribution in [0.25, 0.3) is 0 Å². The van der Waals surface area contributed by atoms with Crippen molar-refractivity contribution < 1.29 is 0 Å². The SMILES string of the molecule is S=S1(=S)C(C2CCCCC2)=Nc2ccccc21. The van der Waals surface area contributed by atoms with Crippen molar-refractivity contribution in [2.75, 3.05) is 0 Å². The summed E-state index contributed by atoms with van der Waals surface area (Å²) < 4.78 is 0. The predicted molar refractivity (Wildman–Crippen MR) is 80.5 cm³/mol. The molecule has 1 aliphatic heterocycles. The van der Waals surface area contributed by atoms with Crippen LogP contribution in [0.15, 0.2) is 34.2 Å². The quantitative estimate of drug-likeness (QED) is 0.777. The highest BCUT2D eigenvalue weighted by atomic mass is 33.1. The molecule has 0 amide bonds. The van der Waals surface area contributed by atoms with Gasteiger partial charge in [-0.05, 0) is 54.5 Å². The Morgan fingerprint density at radius 1 is 1.06 bits per heavy atom. The first-order valence-corrected chi connectivity index (χ1v) is 9.60. The van der Waals surface area contributed by atoms with Crippen molar-refractivity contribution in [1.29, 1.82) is 0 Å². The van der Waals surface area contributed by atoms with Crippen molar-refractivity contribution in [3.8, 4) is 0 Å². The molecule has 2 aliphatic rings. The van der Waals surface area contributed by atoms with Gasteiger partial charge in [0.1, 0.15) is 0 Å². The summed E-state index contributed by atoms with van der Waals surface area (Å²) in [5.74, 6) is 0.557. The maximum atomic E-state index is 5.73. The number of fused-ring (bicyclic) bond motifs is 1. The zero-order valence-electron chi connectivity index (χ0n) is 9.59. The van der Waals surface area contributed by atoms with E-state index in [9.17, 15) is 0 Å². The minimum atomic E-state index is -1.63. The number of hydrogen-bond acceptors (Lipinski definition) is 3. The normalized spacial score (nSPS) is 23.2. The van der Waals surface area contributed by atoms with E-state index in [2.05, 4.69) is 6.07 Å². The highest BCUT2D eigenvalue weighted by molar-refractivity contribution is 8.63. The highest BCUT2D eigenvalue weighted by Gasteiger charge is 2.31. The van der Waals surface area contributed by atoms with Gasteiger partial charge in [-0.3, -0.25) is 0 Å². The molecule has 1 aromatic carbocycles. The van der Waals surface area contributed by atoms with Gasteiger partial charge in [-0.25, -0.2) is 4.99 Å². The second kappa shape index (κ2) is 4.41. The van der Waals surface area contributed by atoms with Crippen molar-refractivity contribution in [1.82, 2.24) is 0 Å². The average Bonchev–Trinajstić information content (AvgIpc) is 2.63. The van der Waals surface area contributed by atoms with E-state index >= 15 is 0 Å². The molecule has 1 aliphatic carbocycles. The van der Waals surface area contributed by atoms with Gasteiger partial charge in [-0.1, -0.05) is 31.4 Å². The van der Waals surface area contributed by atoms with Crippen LogP contribution < -0.4 is 0 Å². The molecular weight excluding hydrogens is 266 g/mol. The number of nitrogens with zero attached hydrogens (tertiary/aromatic N) is 1. The molecule has 0 N–H and O–H groups in total. The minimum Gasteiger partial charge on any atom is -0.244 e. The van der Waals surface area contributed by atoms with Crippen molar-refractivity contribution >= 4 is 40.3 Å². The Hall–Kier alpha value is -0.320. The summed E-state index contributed by atoms with van der Waals surface area (Å²) in [6.45, 7) is 0. The summed E-state index contributed by atoms with van der Waals surface area (Å²) >= 11 is 11.5. The molecule has 3 rings (SSSR count). The van der Waals surface area contributed by atoms with E-state index in [1.54, 1.807) is 0 Å². The third-order valence-electron chi connectivity index (χ3n) is 3.62. The molecule has 0 saturated heterocycles. The lowest BCUT2D eigenvalue weighted by molar-refractivity contribution is 0.443. The lowest BCUT2D eigenvalue weighted by atomic mass is 9.90. The summed E-state index contributed by atoms with van der Waals surface area (Å²) in [4.78, 5) is 5.90. The fourth-order valence-corrected chi connectivity index (χ4v) is 6.38. The largest absolute Gasteiger partial charge is 0.244 e. The Morgan fingerprint density at radius 2 is 1.76 bits per heavy atom. The fraction of sp³-hybridized carbons (Fsp3) is 0.462. The van der Waals surface area contributed by atoms with Gasteiger partial charge in [0.05, 0.1) is 10.7 Å². The molecule has 1 aromatic rings. The zero-order valence-corrected chi connectivity index (χ0v) is 12.0. The molecular formula is C13H15NS3. The van der Waals surface area contributed by atoms with Gasteiger partial charge in [0.2, 0.25) is 0 Å².